The molecule has 0 fully saturated rings. The average Bonchev–Trinajstić information content (AvgIpc) is 3.49. The number of allylic oxidation sites excluding steroid dienone is 32. The number of ether oxygens (including phenoxy) is 3. The lowest BCUT2D eigenvalue weighted by Crippen LogP contribution is -2.30. The molecule has 0 aromatic rings. The van der Waals surface area contributed by atoms with E-state index in [-0.39, 0.29) is 37.5 Å². The van der Waals surface area contributed by atoms with Gasteiger partial charge in [0, 0.05) is 19.3 Å². The van der Waals surface area contributed by atoms with Crippen LogP contribution < -0.4 is 0 Å². The summed E-state index contributed by atoms with van der Waals surface area (Å²) in [6, 6.07) is 0. The van der Waals surface area contributed by atoms with Gasteiger partial charge in [-0.1, -0.05) is 267 Å². The lowest BCUT2D eigenvalue weighted by Gasteiger charge is -2.18. The van der Waals surface area contributed by atoms with E-state index in [0.717, 1.165) is 173 Å². The maximum absolute atomic E-state index is 12.9. The minimum absolute atomic E-state index is 0.119. The molecule has 0 saturated heterocycles. The predicted molar refractivity (Wildman–Crippen MR) is 361 cm³/mol. The Kier molecular flexibility index (Phi) is 64.0. The van der Waals surface area contributed by atoms with Crippen LogP contribution in [0.25, 0.3) is 0 Å². The van der Waals surface area contributed by atoms with E-state index < -0.39 is 6.10 Å². The molecule has 6 heteroatoms. The first-order valence-electron chi connectivity index (χ1n) is 32.9. The minimum atomic E-state index is -0.830. The molecule has 0 aromatic heterocycles. The van der Waals surface area contributed by atoms with E-state index in [1.807, 2.05) is 0 Å². The summed E-state index contributed by atoms with van der Waals surface area (Å²) in [6.45, 7) is 6.23. The van der Waals surface area contributed by atoms with E-state index in [0.29, 0.717) is 19.3 Å². The van der Waals surface area contributed by atoms with Crippen molar-refractivity contribution < 1.29 is 28.6 Å². The van der Waals surface area contributed by atoms with E-state index >= 15 is 0 Å². The van der Waals surface area contributed by atoms with E-state index in [4.69, 9.17) is 14.2 Å². The Morgan fingerprint density at radius 1 is 0.241 bits per heavy atom. The first-order chi connectivity index (χ1) is 41.0. The zero-order valence-electron chi connectivity index (χ0n) is 52.9. The van der Waals surface area contributed by atoms with Crippen LogP contribution in [0.1, 0.15) is 252 Å². The van der Waals surface area contributed by atoms with Gasteiger partial charge in [0.15, 0.2) is 6.10 Å². The Labute approximate surface area is 509 Å². The molecule has 0 bridgehead atoms. The monoisotopic (exact) mass is 1140 g/mol. The van der Waals surface area contributed by atoms with Crippen molar-refractivity contribution in [1.82, 2.24) is 0 Å². The molecule has 0 aliphatic rings. The zero-order valence-corrected chi connectivity index (χ0v) is 52.9. The minimum Gasteiger partial charge on any atom is -0.462 e. The van der Waals surface area contributed by atoms with Gasteiger partial charge in [-0.3, -0.25) is 14.4 Å². The van der Waals surface area contributed by atoms with E-state index in [9.17, 15) is 14.4 Å². The number of carbonyl (C=O) groups is 3. The molecule has 462 valence electrons. The summed E-state index contributed by atoms with van der Waals surface area (Å²) < 4.78 is 16.9. The summed E-state index contributed by atoms with van der Waals surface area (Å²) in [5, 5.41) is 0. The molecule has 0 aliphatic carbocycles. The number of hydrogen-bond donors (Lipinski definition) is 0. The molecule has 6 nitrogen and oxygen atoms in total. The molecule has 1 unspecified atom stereocenters. The van der Waals surface area contributed by atoms with Gasteiger partial charge >= 0.3 is 17.9 Å². The van der Waals surface area contributed by atoms with Gasteiger partial charge in [-0.15, -0.1) is 0 Å². The Morgan fingerprint density at radius 2 is 0.434 bits per heavy atom. The second kappa shape index (κ2) is 68.7. The van der Waals surface area contributed by atoms with Crippen LogP contribution in [0.3, 0.4) is 0 Å². The summed E-state index contributed by atoms with van der Waals surface area (Å²) in [7, 11) is 0. The van der Waals surface area contributed by atoms with Gasteiger partial charge in [0.2, 0.25) is 0 Å². The smallest absolute Gasteiger partial charge is 0.306 e. The maximum Gasteiger partial charge on any atom is 0.306 e. The molecule has 0 radical (unpaired) electrons. The Morgan fingerprint density at radius 3 is 0.699 bits per heavy atom. The summed E-state index contributed by atoms with van der Waals surface area (Å²) in [4.78, 5) is 38.4. The quantitative estimate of drug-likeness (QED) is 0.0261. The summed E-state index contributed by atoms with van der Waals surface area (Å²) in [5.41, 5.74) is 0. The molecule has 0 amide bonds. The third-order valence-electron chi connectivity index (χ3n) is 13.1. The van der Waals surface area contributed by atoms with Gasteiger partial charge in [0.05, 0.1) is 0 Å². The predicted octanol–water partition coefficient (Wildman–Crippen LogP) is 23.0. The maximum atomic E-state index is 12.9. The standard InChI is InChI=1S/C77H118O6/c1-4-7-10-13-16-19-22-25-28-31-34-37-38-41-43-46-49-52-55-58-61-64-67-70-76(79)82-73-74(83-77(80)71-68-65-62-59-56-53-50-47-44-40-36-33-30-27-24-21-18-15-12-9-6-3)72-81-75(78)69-66-63-60-57-54-51-48-45-42-39-35-32-29-26-23-20-17-14-11-8-5-2/h7-12,16-21,25-30,34-37,39-41,43,47,49-50,52,56,59,74H,4-6,13-15,22-24,31-33,38,42,44-46,48,51,53-55,57-58,60-73H2,1-3H3/b10-7-,11-8-,12-9-,19-16-,20-17-,21-18-,28-25-,29-26-,30-27-,37-34-,39-35-,40-36-,43-41-,50-47-,52-49-,59-56-. The van der Waals surface area contributed by atoms with Crippen molar-refractivity contribution in [2.75, 3.05) is 13.2 Å². The van der Waals surface area contributed by atoms with Crippen molar-refractivity contribution in [2.45, 2.75) is 258 Å². The number of carbonyl (C=O) groups excluding carboxylic acids is 3. The van der Waals surface area contributed by atoms with Crippen LogP contribution in [-0.2, 0) is 28.6 Å². The van der Waals surface area contributed by atoms with Gasteiger partial charge < -0.3 is 14.2 Å². The number of rotatable bonds is 57. The largest absolute Gasteiger partial charge is 0.462 e. The average molecular weight is 1140 g/mol. The summed E-state index contributed by atoms with van der Waals surface area (Å²) in [6.07, 6.45) is 104. The third kappa shape index (κ3) is 66.9. The molecule has 0 spiro atoms. The van der Waals surface area contributed by atoms with Crippen LogP contribution in [0.15, 0.2) is 194 Å². The van der Waals surface area contributed by atoms with Crippen molar-refractivity contribution in [3.05, 3.63) is 194 Å². The van der Waals surface area contributed by atoms with E-state index in [2.05, 4.69) is 215 Å². The molecular formula is C77H118O6. The fraction of sp³-hybridized carbons (Fsp3) is 0.545. The van der Waals surface area contributed by atoms with Crippen molar-refractivity contribution >= 4 is 17.9 Å². The SMILES string of the molecule is CC/C=C\C/C=C\C/C=C\C/C=C\C/C=C\C/C=C\CCCCCCC(=O)OCC(COC(=O)CCCCCCCCCC/C=C\C/C=C\C/C=C\C/C=C\CC)OC(=O)CCCC/C=C\C/C=C\C/C=C\C/C=C\C/C=C\C/C=C\CC. The van der Waals surface area contributed by atoms with Gasteiger partial charge in [-0.05, 0) is 161 Å². The first-order valence-corrected chi connectivity index (χ1v) is 32.9. The molecule has 0 aromatic carbocycles. The third-order valence-corrected chi connectivity index (χ3v) is 13.1. The van der Waals surface area contributed by atoms with Gasteiger partial charge in [-0.2, -0.15) is 0 Å². The van der Waals surface area contributed by atoms with E-state index in [1.165, 1.54) is 32.1 Å². The second-order valence-corrected chi connectivity index (χ2v) is 20.9. The second-order valence-electron chi connectivity index (χ2n) is 20.9. The van der Waals surface area contributed by atoms with E-state index in [1.54, 1.807) is 0 Å². The molecule has 0 aliphatic heterocycles. The number of unbranched alkanes of at least 4 members (excludes halogenated alkanes) is 14. The Balaban J connectivity index is 4.58. The van der Waals surface area contributed by atoms with Crippen molar-refractivity contribution in [3.63, 3.8) is 0 Å². The van der Waals surface area contributed by atoms with Crippen LogP contribution in [-0.4, -0.2) is 37.2 Å². The summed E-state index contributed by atoms with van der Waals surface area (Å²) >= 11 is 0. The lowest BCUT2D eigenvalue weighted by atomic mass is 10.1. The van der Waals surface area contributed by atoms with Gasteiger partial charge in [0.25, 0.3) is 0 Å². The highest BCUT2D eigenvalue weighted by atomic mass is 16.6. The lowest BCUT2D eigenvalue weighted by molar-refractivity contribution is -0.167. The molecule has 1 atom stereocenters. The van der Waals surface area contributed by atoms with Crippen molar-refractivity contribution in [2.24, 2.45) is 0 Å². The van der Waals surface area contributed by atoms with Gasteiger partial charge in [-0.25, -0.2) is 0 Å². The normalized spacial score (nSPS) is 13.4. The molecule has 0 heterocycles. The fourth-order valence-corrected chi connectivity index (χ4v) is 8.26. The molecular weight excluding hydrogens is 1020 g/mol. The highest BCUT2D eigenvalue weighted by Crippen LogP contribution is 2.14. The van der Waals surface area contributed by atoms with Crippen molar-refractivity contribution in [3.8, 4) is 0 Å². The Hall–Kier alpha value is -5.75. The van der Waals surface area contributed by atoms with Crippen LogP contribution in [0, 0.1) is 0 Å². The Bertz CT molecular complexity index is 1990. The molecule has 0 rings (SSSR count). The van der Waals surface area contributed by atoms with Crippen LogP contribution in [0.2, 0.25) is 0 Å². The van der Waals surface area contributed by atoms with Crippen LogP contribution >= 0.6 is 0 Å². The zero-order chi connectivity index (χ0) is 59.9. The van der Waals surface area contributed by atoms with Crippen molar-refractivity contribution in [1.29, 1.82) is 0 Å². The molecule has 0 saturated carbocycles. The number of hydrogen-bond acceptors (Lipinski definition) is 6. The molecule has 83 heavy (non-hydrogen) atoms. The first kappa shape index (κ1) is 77.2. The fourth-order valence-electron chi connectivity index (χ4n) is 8.26. The molecule has 0 N–H and O–H groups in total. The van der Waals surface area contributed by atoms with Gasteiger partial charge in [0.1, 0.15) is 13.2 Å². The number of esters is 3. The summed E-state index contributed by atoms with van der Waals surface area (Å²) in [5.74, 6) is -1.00. The highest BCUT2D eigenvalue weighted by molar-refractivity contribution is 5.71. The topological polar surface area (TPSA) is 78.9 Å². The van der Waals surface area contributed by atoms with Crippen LogP contribution in [0.4, 0.5) is 0 Å². The van der Waals surface area contributed by atoms with Crippen LogP contribution in [0.5, 0.6) is 0 Å². The highest BCUT2D eigenvalue weighted by Gasteiger charge is 2.19.